The van der Waals surface area contributed by atoms with Gasteiger partial charge in [0, 0.05) is 0 Å². The highest BCUT2D eigenvalue weighted by molar-refractivity contribution is 9.10. The zero-order valence-corrected chi connectivity index (χ0v) is 30.0. The highest BCUT2D eigenvalue weighted by Gasteiger charge is 2.54. The molecule has 1 fully saturated rings. The molecule has 0 amide bonds. The number of rotatable bonds is 16. The van der Waals surface area contributed by atoms with E-state index in [4.69, 9.17) is 23.7 Å². The van der Waals surface area contributed by atoms with Crippen molar-refractivity contribution in [3.63, 3.8) is 0 Å². The van der Waals surface area contributed by atoms with Crippen LogP contribution in [0.2, 0.25) is 0 Å². The van der Waals surface area contributed by atoms with E-state index in [2.05, 4.69) is 15.9 Å². The highest BCUT2D eigenvalue weighted by atomic mass is 79.9. The maximum absolute atomic E-state index is 14.7. The van der Waals surface area contributed by atoms with E-state index < -0.39 is 43.8 Å². The second-order valence-corrected chi connectivity index (χ2v) is 15.8. The smallest absolute Gasteiger partial charge is 0.196 e. The molecule has 7 nitrogen and oxygen atoms in total. The fourth-order valence-corrected chi connectivity index (χ4v) is 8.54. The van der Waals surface area contributed by atoms with Gasteiger partial charge in [0.05, 0.1) is 33.0 Å². The third-order valence-electron chi connectivity index (χ3n) is 8.51. The van der Waals surface area contributed by atoms with Gasteiger partial charge in [-0.25, -0.2) is 8.42 Å². The second kappa shape index (κ2) is 18.0. The van der Waals surface area contributed by atoms with Crippen molar-refractivity contribution in [2.24, 2.45) is 0 Å². The number of hydrogen-bond acceptors (Lipinski definition) is 7. The molecule has 0 saturated carbocycles. The first-order chi connectivity index (χ1) is 24.5. The summed E-state index contributed by atoms with van der Waals surface area (Å²) >= 11 is 3.52. The number of alkyl halides is 1. The zero-order valence-electron chi connectivity index (χ0n) is 27.6. The summed E-state index contributed by atoms with van der Waals surface area (Å²) in [4.78, 5) is 0. The van der Waals surface area contributed by atoms with Gasteiger partial charge in [0.25, 0.3) is 0 Å². The van der Waals surface area contributed by atoms with Crippen molar-refractivity contribution in [3.8, 4) is 0 Å². The Hall–Kier alpha value is -3.67. The predicted molar refractivity (Wildman–Crippen MR) is 197 cm³/mol. The van der Waals surface area contributed by atoms with Crippen LogP contribution in [0.25, 0.3) is 0 Å². The number of benzene rings is 5. The average Bonchev–Trinajstić information content (AvgIpc) is 3.17. The first-order valence-electron chi connectivity index (χ1n) is 16.6. The molecule has 5 aromatic rings. The van der Waals surface area contributed by atoms with Gasteiger partial charge in [-0.05, 0) is 27.8 Å². The third kappa shape index (κ3) is 9.56. The molecule has 0 aromatic heterocycles. The van der Waals surface area contributed by atoms with E-state index >= 15 is 0 Å². The molecule has 6 atom stereocenters. The van der Waals surface area contributed by atoms with Crippen molar-refractivity contribution in [1.29, 1.82) is 0 Å². The molecule has 260 valence electrons. The van der Waals surface area contributed by atoms with Crippen molar-refractivity contribution < 1.29 is 32.1 Å². The Labute approximate surface area is 303 Å². The summed E-state index contributed by atoms with van der Waals surface area (Å²) in [5.41, 5.74) is 2.93. The fraction of sp³-hybridized carbons (Fsp3) is 0.268. The minimum atomic E-state index is -4.11. The van der Waals surface area contributed by atoms with Gasteiger partial charge in [-0.1, -0.05) is 168 Å². The molecular formula is C41H41BrO7S. The molecule has 0 bridgehead atoms. The zero-order chi connectivity index (χ0) is 34.6. The van der Waals surface area contributed by atoms with Crippen LogP contribution >= 0.6 is 15.9 Å². The molecule has 0 N–H and O–H groups in total. The molecule has 0 unspecified atom stereocenters. The van der Waals surface area contributed by atoms with E-state index in [9.17, 15) is 8.42 Å². The van der Waals surface area contributed by atoms with Gasteiger partial charge < -0.3 is 23.7 Å². The van der Waals surface area contributed by atoms with Crippen LogP contribution in [0.15, 0.2) is 152 Å². The summed E-state index contributed by atoms with van der Waals surface area (Å²) in [5, 5.41) is 0. The van der Waals surface area contributed by atoms with Crippen LogP contribution in [0.1, 0.15) is 32.0 Å². The Balaban J connectivity index is 1.38. The SMILES string of the molecule is O=S(=O)([C@H](Br)c1ccccc1)[C@H]1O[C@H](COCc2ccccc2)[C@@H](OCc2ccccc2)[C@H](OCc2ccccc2)[C@H]1OCc1ccccc1. The van der Waals surface area contributed by atoms with Gasteiger partial charge in [-0.2, -0.15) is 0 Å². The number of sulfone groups is 1. The number of ether oxygens (including phenoxy) is 5. The van der Waals surface area contributed by atoms with Crippen LogP contribution in [0.3, 0.4) is 0 Å². The lowest BCUT2D eigenvalue weighted by Crippen LogP contribution is -2.63. The van der Waals surface area contributed by atoms with Crippen LogP contribution < -0.4 is 0 Å². The van der Waals surface area contributed by atoms with Crippen LogP contribution in [-0.2, 0) is 59.9 Å². The molecule has 1 aliphatic heterocycles. The van der Waals surface area contributed by atoms with Crippen LogP contribution in [0.4, 0.5) is 0 Å². The minimum Gasteiger partial charge on any atom is -0.374 e. The molecular weight excluding hydrogens is 716 g/mol. The largest absolute Gasteiger partial charge is 0.374 e. The Morgan fingerprint density at radius 1 is 0.520 bits per heavy atom. The van der Waals surface area contributed by atoms with E-state index in [1.807, 2.05) is 140 Å². The molecule has 1 aliphatic rings. The van der Waals surface area contributed by atoms with E-state index in [1.54, 1.807) is 12.1 Å². The maximum atomic E-state index is 14.7. The molecule has 1 saturated heterocycles. The second-order valence-electron chi connectivity index (χ2n) is 12.1. The highest BCUT2D eigenvalue weighted by Crippen LogP contribution is 2.40. The Morgan fingerprint density at radius 3 is 1.36 bits per heavy atom. The molecule has 1 heterocycles. The maximum Gasteiger partial charge on any atom is 0.196 e. The molecule has 0 spiro atoms. The van der Waals surface area contributed by atoms with Crippen LogP contribution in [0.5, 0.6) is 0 Å². The van der Waals surface area contributed by atoms with Crippen molar-refractivity contribution in [2.75, 3.05) is 6.61 Å². The van der Waals surface area contributed by atoms with E-state index in [0.29, 0.717) is 12.2 Å². The van der Waals surface area contributed by atoms with Gasteiger partial charge in [-0.3, -0.25) is 0 Å². The lowest BCUT2D eigenvalue weighted by molar-refractivity contribution is -0.256. The summed E-state index contributed by atoms with van der Waals surface area (Å²) in [7, 11) is -4.11. The summed E-state index contributed by atoms with van der Waals surface area (Å²) in [6.45, 7) is 0.990. The van der Waals surface area contributed by atoms with Gasteiger partial charge in [0.15, 0.2) is 15.3 Å². The van der Waals surface area contributed by atoms with Crippen molar-refractivity contribution in [2.45, 2.75) is 60.4 Å². The first-order valence-corrected chi connectivity index (χ1v) is 19.2. The van der Waals surface area contributed by atoms with E-state index in [-0.39, 0.29) is 26.4 Å². The first kappa shape index (κ1) is 36.1. The Morgan fingerprint density at radius 2 is 0.900 bits per heavy atom. The van der Waals surface area contributed by atoms with Crippen molar-refractivity contribution >= 4 is 25.8 Å². The standard InChI is InChI=1S/C41H41BrO7S/c42-40(35-24-14-5-15-25-35)50(43,44)41-39(48-29-34-22-12-4-13-23-34)38(47-28-33-20-10-3-11-21-33)37(46-27-32-18-8-2-9-19-32)36(49-41)30-45-26-31-16-6-1-7-17-31/h1-25,36-41H,26-30H2/t36-,37-,38+,39-,40+,41-/m1/s1. The topological polar surface area (TPSA) is 80.3 Å². The number of halogens is 1. The van der Waals surface area contributed by atoms with Crippen molar-refractivity contribution in [1.82, 2.24) is 0 Å². The third-order valence-corrected chi connectivity index (χ3v) is 12.5. The molecule has 0 radical (unpaired) electrons. The molecule has 9 heteroatoms. The lowest BCUT2D eigenvalue weighted by atomic mass is 9.98. The lowest BCUT2D eigenvalue weighted by Gasteiger charge is -2.46. The fourth-order valence-electron chi connectivity index (χ4n) is 5.92. The Kier molecular flexibility index (Phi) is 13.0. The quantitative estimate of drug-likeness (QED) is 0.0940. The van der Waals surface area contributed by atoms with Gasteiger partial charge in [0.2, 0.25) is 0 Å². The molecule has 0 aliphatic carbocycles. The van der Waals surface area contributed by atoms with Crippen LogP contribution in [-0.4, -0.2) is 44.9 Å². The summed E-state index contributed by atoms with van der Waals surface area (Å²) in [5.74, 6) is 0. The number of hydrogen-bond donors (Lipinski definition) is 0. The predicted octanol–water partition coefficient (Wildman–Crippen LogP) is 8.19. The van der Waals surface area contributed by atoms with E-state index in [1.165, 1.54) is 0 Å². The van der Waals surface area contributed by atoms with Crippen LogP contribution in [0, 0.1) is 0 Å². The normalized spacial score (nSPS) is 21.4. The van der Waals surface area contributed by atoms with Gasteiger partial charge in [0.1, 0.15) is 28.6 Å². The average molecular weight is 758 g/mol. The molecule has 50 heavy (non-hydrogen) atoms. The summed E-state index contributed by atoms with van der Waals surface area (Å²) < 4.78 is 61.1. The monoisotopic (exact) mass is 756 g/mol. The Bertz CT molecular complexity index is 1810. The minimum absolute atomic E-state index is 0.0647. The van der Waals surface area contributed by atoms with Gasteiger partial charge >= 0.3 is 0 Å². The molecule has 5 aromatic carbocycles. The molecule has 6 rings (SSSR count). The summed E-state index contributed by atoms with van der Waals surface area (Å²) in [6.07, 6.45) is -3.46. The van der Waals surface area contributed by atoms with E-state index in [0.717, 1.165) is 22.3 Å². The van der Waals surface area contributed by atoms with Crippen molar-refractivity contribution in [3.05, 3.63) is 179 Å². The summed E-state index contributed by atoms with van der Waals surface area (Å²) in [6, 6.07) is 48.1. The van der Waals surface area contributed by atoms with Gasteiger partial charge in [-0.15, -0.1) is 0 Å².